The average molecular weight is 367 g/mol. The number of hydrogen-bond acceptors (Lipinski definition) is 3. The van der Waals surface area contributed by atoms with E-state index in [9.17, 15) is 0 Å². The molecule has 0 saturated carbocycles. The normalized spacial score (nSPS) is 9.83. The first-order valence-corrected chi connectivity index (χ1v) is 6.70. The third kappa shape index (κ3) is 2.84. The van der Waals surface area contributed by atoms with Gasteiger partial charge in [0, 0.05) is 14.6 Å². The lowest BCUT2D eigenvalue weighted by Crippen LogP contribution is -1.95. The van der Waals surface area contributed by atoms with Crippen LogP contribution in [0.2, 0.25) is 0 Å². The molecule has 0 radical (unpaired) electrons. The Morgan fingerprint density at radius 2 is 1.89 bits per heavy atom. The van der Waals surface area contributed by atoms with Gasteiger partial charge in [0.25, 0.3) is 0 Å². The van der Waals surface area contributed by atoms with Gasteiger partial charge in [0.1, 0.15) is 6.07 Å². The lowest BCUT2D eigenvalue weighted by Gasteiger charge is -2.10. The van der Waals surface area contributed by atoms with Crippen LogP contribution in [0.4, 0.5) is 17.1 Å². The zero-order valence-electron chi connectivity index (χ0n) is 9.24. The molecule has 0 heterocycles. The van der Waals surface area contributed by atoms with Crippen LogP contribution in [-0.4, -0.2) is 0 Å². The Labute approximate surface area is 122 Å². The summed E-state index contributed by atoms with van der Waals surface area (Å²) in [5.74, 6) is 0. The van der Waals surface area contributed by atoms with Crippen LogP contribution in [0.15, 0.2) is 45.3 Å². The molecule has 0 unspecified atom stereocenters. The minimum atomic E-state index is 0.468. The molecule has 0 saturated heterocycles. The first-order chi connectivity index (χ1) is 8.60. The fraction of sp³-hybridized carbons (Fsp3) is 0. The highest BCUT2D eigenvalue weighted by molar-refractivity contribution is 9.11. The van der Waals surface area contributed by atoms with Gasteiger partial charge < -0.3 is 11.1 Å². The Morgan fingerprint density at radius 1 is 1.11 bits per heavy atom. The predicted octanol–water partition coefficient (Wildman–Crippen LogP) is 4.41. The number of halogens is 2. The maximum Gasteiger partial charge on any atom is 0.101 e. The molecule has 0 fully saturated rings. The Kier molecular flexibility index (Phi) is 3.90. The molecule has 2 aromatic rings. The zero-order valence-corrected chi connectivity index (χ0v) is 12.4. The van der Waals surface area contributed by atoms with Crippen molar-refractivity contribution in [2.75, 3.05) is 11.1 Å². The molecule has 0 spiro atoms. The molecule has 3 N–H and O–H groups in total. The Bertz CT molecular complexity index is 633. The third-order valence-electron chi connectivity index (χ3n) is 2.38. The summed E-state index contributed by atoms with van der Waals surface area (Å²) in [6, 6.07) is 13.1. The van der Waals surface area contributed by atoms with Crippen LogP contribution in [0.25, 0.3) is 0 Å². The molecule has 3 nitrogen and oxygen atoms in total. The number of nitrogens with two attached hydrogens (primary N) is 1. The van der Waals surface area contributed by atoms with Crippen molar-refractivity contribution in [3.05, 3.63) is 50.9 Å². The summed E-state index contributed by atoms with van der Waals surface area (Å²) < 4.78 is 1.94. The van der Waals surface area contributed by atoms with E-state index in [1.54, 1.807) is 12.1 Å². The zero-order chi connectivity index (χ0) is 13.1. The largest absolute Gasteiger partial charge is 0.398 e. The van der Waals surface area contributed by atoms with Crippen LogP contribution >= 0.6 is 31.9 Å². The van der Waals surface area contributed by atoms with E-state index in [0.29, 0.717) is 11.3 Å². The predicted molar refractivity (Wildman–Crippen MR) is 80.7 cm³/mol. The SMILES string of the molecule is N#Cc1ccc(Nc2ccc(Br)cc2Br)cc1N. The van der Waals surface area contributed by atoms with E-state index in [0.717, 1.165) is 20.3 Å². The monoisotopic (exact) mass is 365 g/mol. The molecule has 2 aromatic carbocycles. The van der Waals surface area contributed by atoms with Crippen molar-refractivity contribution in [2.45, 2.75) is 0 Å². The van der Waals surface area contributed by atoms with Crippen LogP contribution in [-0.2, 0) is 0 Å². The molecule has 0 aliphatic heterocycles. The summed E-state index contributed by atoms with van der Waals surface area (Å²) in [7, 11) is 0. The minimum Gasteiger partial charge on any atom is -0.398 e. The molecular weight excluding hydrogens is 358 g/mol. The number of nitriles is 1. The molecule has 2 rings (SSSR count). The van der Waals surface area contributed by atoms with E-state index in [1.807, 2.05) is 30.3 Å². The lowest BCUT2D eigenvalue weighted by atomic mass is 10.2. The van der Waals surface area contributed by atoms with E-state index in [4.69, 9.17) is 11.0 Å². The van der Waals surface area contributed by atoms with Gasteiger partial charge in [0.2, 0.25) is 0 Å². The molecule has 0 aliphatic carbocycles. The van der Waals surface area contributed by atoms with E-state index in [1.165, 1.54) is 0 Å². The van der Waals surface area contributed by atoms with Crippen LogP contribution in [0, 0.1) is 11.3 Å². The maximum absolute atomic E-state index is 8.81. The molecule has 0 bridgehead atoms. The van der Waals surface area contributed by atoms with E-state index < -0.39 is 0 Å². The van der Waals surface area contributed by atoms with E-state index >= 15 is 0 Å². The second-order valence-electron chi connectivity index (χ2n) is 3.66. The van der Waals surface area contributed by atoms with Gasteiger partial charge in [-0.15, -0.1) is 0 Å². The second kappa shape index (κ2) is 5.42. The van der Waals surface area contributed by atoms with Crippen LogP contribution < -0.4 is 11.1 Å². The molecule has 5 heteroatoms. The van der Waals surface area contributed by atoms with E-state index in [-0.39, 0.29) is 0 Å². The Hall–Kier alpha value is -1.51. The molecule has 0 aliphatic rings. The third-order valence-corrected chi connectivity index (χ3v) is 3.53. The van der Waals surface area contributed by atoms with E-state index in [2.05, 4.69) is 37.2 Å². The number of nitrogen functional groups attached to an aromatic ring is 1. The van der Waals surface area contributed by atoms with Crippen LogP contribution in [0.1, 0.15) is 5.56 Å². The van der Waals surface area contributed by atoms with Crippen LogP contribution in [0.3, 0.4) is 0 Å². The summed E-state index contributed by atoms with van der Waals surface area (Å²) in [6.07, 6.45) is 0. The number of nitrogens with zero attached hydrogens (tertiary/aromatic N) is 1. The second-order valence-corrected chi connectivity index (χ2v) is 5.43. The van der Waals surface area contributed by atoms with Gasteiger partial charge in [-0.2, -0.15) is 5.26 Å². The highest BCUT2D eigenvalue weighted by Gasteiger charge is 2.03. The molecule has 18 heavy (non-hydrogen) atoms. The van der Waals surface area contributed by atoms with Crippen molar-refractivity contribution in [3.8, 4) is 6.07 Å². The fourth-order valence-corrected chi connectivity index (χ4v) is 2.63. The van der Waals surface area contributed by atoms with Gasteiger partial charge >= 0.3 is 0 Å². The Balaban J connectivity index is 2.29. The van der Waals surface area contributed by atoms with Gasteiger partial charge in [-0.05, 0) is 52.3 Å². The number of hydrogen-bond donors (Lipinski definition) is 2. The number of anilines is 3. The van der Waals surface area contributed by atoms with Gasteiger partial charge in [0.05, 0.1) is 16.9 Å². The van der Waals surface area contributed by atoms with Crippen LogP contribution in [0.5, 0.6) is 0 Å². The summed E-state index contributed by atoms with van der Waals surface area (Å²) in [4.78, 5) is 0. The molecule has 90 valence electrons. The molecule has 0 atom stereocenters. The summed E-state index contributed by atoms with van der Waals surface area (Å²) in [5, 5.41) is 12.0. The topological polar surface area (TPSA) is 61.8 Å². The smallest absolute Gasteiger partial charge is 0.101 e. The van der Waals surface area contributed by atoms with Gasteiger partial charge in [0.15, 0.2) is 0 Å². The first-order valence-electron chi connectivity index (χ1n) is 5.12. The maximum atomic E-state index is 8.81. The van der Waals surface area contributed by atoms with Crippen molar-refractivity contribution >= 4 is 48.9 Å². The van der Waals surface area contributed by atoms with Crippen molar-refractivity contribution < 1.29 is 0 Å². The highest BCUT2D eigenvalue weighted by Crippen LogP contribution is 2.29. The molecule has 0 amide bonds. The van der Waals surface area contributed by atoms with Crippen molar-refractivity contribution in [1.29, 1.82) is 5.26 Å². The highest BCUT2D eigenvalue weighted by atomic mass is 79.9. The molecule has 0 aromatic heterocycles. The van der Waals surface area contributed by atoms with Crippen molar-refractivity contribution in [3.63, 3.8) is 0 Å². The van der Waals surface area contributed by atoms with Gasteiger partial charge in [-0.3, -0.25) is 0 Å². The fourth-order valence-electron chi connectivity index (χ4n) is 1.49. The minimum absolute atomic E-state index is 0.468. The first kappa shape index (κ1) is 12.9. The summed E-state index contributed by atoms with van der Waals surface area (Å²) in [6.45, 7) is 0. The van der Waals surface area contributed by atoms with Crippen molar-refractivity contribution in [2.24, 2.45) is 0 Å². The molecular formula is C13H9Br2N3. The van der Waals surface area contributed by atoms with Gasteiger partial charge in [-0.25, -0.2) is 0 Å². The van der Waals surface area contributed by atoms with Gasteiger partial charge in [-0.1, -0.05) is 15.9 Å². The standard InChI is InChI=1S/C13H9Br2N3/c14-9-2-4-13(11(15)5-9)18-10-3-1-8(7-16)12(17)6-10/h1-6,18H,17H2. The Morgan fingerprint density at radius 3 is 2.50 bits per heavy atom. The quantitative estimate of drug-likeness (QED) is 0.774. The number of benzene rings is 2. The van der Waals surface area contributed by atoms with Crippen molar-refractivity contribution in [1.82, 2.24) is 0 Å². The average Bonchev–Trinajstić information content (AvgIpc) is 2.33. The lowest BCUT2D eigenvalue weighted by molar-refractivity contribution is 1.47. The summed E-state index contributed by atoms with van der Waals surface area (Å²) >= 11 is 6.87. The summed E-state index contributed by atoms with van der Waals surface area (Å²) in [5.41, 5.74) is 8.49. The number of nitrogens with one attached hydrogen (secondary N) is 1. The number of rotatable bonds is 2.